The van der Waals surface area contributed by atoms with Crippen LogP contribution in [0.4, 0.5) is 0 Å². The van der Waals surface area contributed by atoms with Crippen molar-refractivity contribution in [3.63, 3.8) is 0 Å². The van der Waals surface area contributed by atoms with E-state index >= 15 is 0 Å². The van der Waals surface area contributed by atoms with Crippen molar-refractivity contribution in [2.45, 2.75) is 49.9 Å². The number of fused-ring (bicyclic) bond motifs is 5. The van der Waals surface area contributed by atoms with Crippen LogP contribution >= 0.6 is 0 Å². The number of H-pyrrole nitrogens is 1. The molecule has 5 aliphatic rings. The second-order valence-electron chi connectivity index (χ2n) is 8.44. The van der Waals surface area contributed by atoms with Gasteiger partial charge in [-0.05, 0) is 61.9 Å². The van der Waals surface area contributed by atoms with Crippen molar-refractivity contribution in [1.82, 2.24) is 14.8 Å². The number of methoxy groups -OCH3 is 1. The van der Waals surface area contributed by atoms with Gasteiger partial charge in [0, 0.05) is 36.2 Å². The first-order chi connectivity index (χ1) is 13.3. The minimum Gasteiger partial charge on any atom is -0.497 e. The van der Waals surface area contributed by atoms with Gasteiger partial charge in [-0.1, -0.05) is 0 Å². The minimum atomic E-state index is 0.143. The lowest BCUT2D eigenvalue weighted by atomic mass is 9.73. The summed E-state index contributed by atoms with van der Waals surface area (Å²) < 4.78 is 11.6. The van der Waals surface area contributed by atoms with Crippen LogP contribution in [0.3, 0.4) is 0 Å². The van der Waals surface area contributed by atoms with Crippen LogP contribution in [0.1, 0.15) is 36.9 Å². The highest BCUT2D eigenvalue weighted by Crippen LogP contribution is 2.51. The molecule has 1 aromatic carbocycles. The number of nitrogens with one attached hydrogen (secondary N) is 1. The molecule has 142 valence electrons. The summed E-state index contributed by atoms with van der Waals surface area (Å²) in [4.78, 5) is 9.28. The maximum atomic E-state index is 6.10. The summed E-state index contributed by atoms with van der Waals surface area (Å²) in [6.07, 6.45) is 10.6. The van der Waals surface area contributed by atoms with Crippen molar-refractivity contribution in [2.24, 2.45) is 0 Å². The normalized spacial score (nSPS) is 34.9. The van der Waals surface area contributed by atoms with Crippen molar-refractivity contribution in [3.05, 3.63) is 41.8 Å². The van der Waals surface area contributed by atoms with Gasteiger partial charge >= 0.3 is 0 Å². The fourth-order valence-electron chi connectivity index (χ4n) is 6.09. The Morgan fingerprint density at radius 2 is 2.11 bits per heavy atom. The van der Waals surface area contributed by atoms with E-state index in [2.05, 4.69) is 39.1 Å². The second kappa shape index (κ2) is 5.76. The molecule has 1 spiro atoms. The fraction of sp³-hybridized carbons (Fsp3) is 0.545. The Morgan fingerprint density at radius 3 is 2.89 bits per heavy atom. The second-order valence-corrected chi connectivity index (χ2v) is 8.44. The van der Waals surface area contributed by atoms with E-state index < -0.39 is 0 Å². The minimum absolute atomic E-state index is 0.143. The summed E-state index contributed by atoms with van der Waals surface area (Å²) >= 11 is 0. The predicted octanol–water partition coefficient (Wildman–Crippen LogP) is 3.36. The van der Waals surface area contributed by atoms with Crippen molar-refractivity contribution >= 4 is 10.9 Å². The third-order valence-electron chi connectivity index (χ3n) is 7.35. The number of aromatic amines is 1. The Balaban J connectivity index is 1.47. The van der Waals surface area contributed by atoms with Crippen LogP contribution in [0.15, 0.2) is 30.5 Å². The number of hydrogen-bond donors (Lipinski definition) is 1. The summed E-state index contributed by atoms with van der Waals surface area (Å²) in [5.41, 5.74) is 4.37. The van der Waals surface area contributed by atoms with E-state index in [-0.39, 0.29) is 5.54 Å². The third kappa shape index (κ3) is 2.13. The van der Waals surface area contributed by atoms with E-state index in [9.17, 15) is 0 Å². The molecule has 7 rings (SSSR count). The summed E-state index contributed by atoms with van der Waals surface area (Å²) in [5, 5.41) is 1.35. The van der Waals surface area contributed by atoms with Crippen LogP contribution in [0.2, 0.25) is 0 Å². The van der Waals surface area contributed by atoms with Crippen LogP contribution in [0.5, 0.6) is 5.75 Å². The lowest BCUT2D eigenvalue weighted by Crippen LogP contribution is -2.73. The Bertz CT molecular complexity index is 910. The van der Waals surface area contributed by atoms with E-state index in [1.807, 2.05) is 6.26 Å². The van der Waals surface area contributed by atoms with Gasteiger partial charge in [-0.25, -0.2) is 0 Å². The molecule has 2 aromatic rings. The van der Waals surface area contributed by atoms with Crippen LogP contribution in [-0.2, 0) is 16.7 Å². The number of ether oxygens (including phenoxy) is 2. The van der Waals surface area contributed by atoms with Gasteiger partial charge in [0.05, 0.1) is 18.9 Å². The van der Waals surface area contributed by atoms with E-state index in [1.165, 1.54) is 48.1 Å². The molecule has 2 bridgehead atoms. The maximum absolute atomic E-state index is 6.10. The van der Waals surface area contributed by atoms with Crippen LogP contribution in [0.25, 0.3) is 10.9 Å². The molecule has 2 unspecified atom stereocenters. The number of rotatable bonds is 2. The zero-order valence-electron chi connectivity index (χ0n) is 15.9. The van der Waals surface area contributed by atoms with Crippen molar-refractivity contribution < 1.29 is 9.47 Å². The van der Waals surface area contributed by atoms with Gasteiger partial charge in [-0.2, -0.15) is 0 Å². The van der Waals surface area contributed by atoms with Gasteiger partial charge in [0.2, 0.25) is 0 Å². The molecule has 3 fully saturated rings. The quantitative estimate of drug-likeness (QED) is 0.886. The smallest absolute Gasteiger partial charge is 0.127 e. The molecular formula is C22H27N3O2. The molecule has 6 heterocycles. The Morgan fingerprint density at radius 1 is 1.22 bits per heavy atom. The number of aromatic nitrogens is 1. The van der Waals surface area contributed by atoms with Gasteiger partial charge < -0.3 is 14.5 Å². The van der Waals surface area contributed by atoms with E-state index in [0.29, 0.717) is 12.3 Å². The molecule has 0 radical (unpaired) electrons. The largest absolute Gasteiger partial charge is 0.497 e. The van der Waals surface area contributed by atoms with Crippen LogP contribution < -0.4 is 4.74 Å². The summed E-state index contributed by atoms with van der Waals surface area (Å²) in [5.74, 6) is 0.947. The first-order valence-corrected chi connectivity index (χ1v) is 10.3. The third-order valence-corrected chi connectivity index (χ3v) is 7.35. The molecule has 5 aliphatic heterocycles. The SMILES string of the molecule is COc1ccc2[nH]c3c(c2c1)CCN1C(C2CCC=CO2)N2CCC31CC2. The zero-order chi connectivity index (χ0) is 18.0. The summed E-state index contributed by atoms with van der Waals surface area (Å²) in [6.45, 7) is 3.45. The van der Waals surface area contributed by atoms with Crippen molar-refractivity contribution in [1.29, 1.82) is 0 Å². The molecule has 1 N–H and O–H groups in total. The molecule has 27 heavy (non-hydrogen) atoms. The number of allylic oxidation sites excluding steroid dienone is 1. The molecule has 5 heteroatoms. The first-order valence-electron chi connectivity index (χ1n) is 10.3. The summed E-state index contributed by atoms with van der Waals surface area (Å²) in [7, 11) is 1.75. The molecule has 0 aliphatic carbocycles. The maximum Gasteiger partial charge on any atom is 0.127 e. The van der Waals surface area contributed by atoms with E-state index in [0.717, 1.165) is 31.6 Å². The van der Waals surface area contributed by atoms with Crippen molar-refractivity contribution in [2.75, 3.05) is 26.7 Å². The number of hydrogen-bond acceptors (Lipinski definition) is 4. The first kappa shape index (κ1) is 16.0. The van der Waals surface area contributed by atoms with Gasteiger partial charge in [0.1, 0.15) is 18.0 Å². The average molecular weight is 365 g/mol. The average Bonchev–Trinajstić information content (AvgIpc) is 3.13. The Kier molecular flexibility index (Phi) is 3.42. The molecule has 2 atom stereocenters. The van der Waals surface area contributed by atoms with Gasteiger partial charge in [0.15, 0.2) is 0 Å². The van der Waals surface area contributed by atoms with Gasteiger partial charge in [-0.15, -0.1) is 0 Å². The lowest BCUT2D eigenvalue weighted by molar-refractivity contribution is -0.185. The molecule has 0 amide bonds. The standard InChI is InChI=1S/C22H27N3O2/c1-26-15-5-6-18-17(14-15)16-7-10-25-21(19-4-2-3-13-27-19)24-11-8-22(25,9-12-24)20(16)23-18/h3,5-6,13-14,19,21,23H,2,4,7-12H2,1H3. The summed E-state index contributed by atoms with van der Waals surface area (Å²) in [6, 6.07) is 6.45. The molecule has 1 aromatic heterocycles. The molecular weight excluding hydrogens is 338 g/mol. The Labute approximate surface area is 159 Å². The van der Waals surface area contributed by atoms with Gasteiger partial charge in [0.25, 0.3) is 0 Å². The highest BCUT2D eigenvalue weighted by molar-refractivity contribution is 5.87. The van der Waals surface area contributed by atoms with Gasteiger partial charge in [-0.3, -0.25) is 9.80 Å². The molecule has 3 saturated heterocycles. The highest BCUT2D eigenvalue weighted by atomic mass is 16.5. The monoisotopic (exact) mass is 365 g/mol. The van der Waals surface area contributed by atoms with Crippen LogP contribution in [0, 0.1) is 0 Å². The number of piperidine rings is 1. The van der Waals surface area contributed by atoms with E-state index in [1.54, 1.807) is 7.11 Å². The predicted molar refractivity (Wildman–Crippen MR) is 105 cm³/mol. The zero-order valence-corrected chi connectivity index (χ0v) is 15.9. The van der Waals surface area contributed by atoms with Crippen molar-refractivity contribution in [3.8, 4) is 5.75 Å². The Hall–Kier alpha value is -1.98. The number of benzene rings is 1. The number of nitrogens with zero attached hydrogens (tertiary/aromatic N) is 2. The lowest BCUT2D eigenvalue weighted by Gasteiger charge is -2.63. The fourth-order valence-corrected chi connectivity index (χ4v) is 6.09. The molecule has 5 nitrogen and oxygen atoms in total. The highest BCUT2D eigenvalue weighted by Gasteiger charge is 2.56. The topological polar surface area (TPSA) is 40.7 Å². The van der Waals surface area contributed by atoms with Crippen LogP contribution in [-0.4, -0.2) is 53.8 Å². The van der Waals surface area contributed by atoms with E-state index in [4.69, 9.17) is 9.47 Å². The molecule has 0 saturated carbocycles.